The minimum atomic E-state index is -0.112. The van der Waals surface area contributed by atoms with E-state index in [1.54, 1.807) is 0 Å². The molecule has 0 saturated heterocycles. The molecule has 0 aliphatic heterocycles. The minimum absolute atomic E-state index is 0.0485. The van der Waals surface area contributed by atoms with Gasteiger partial charge in [0.25, 0.3) is 11.8 Å². The van der Waals surface area contributed by atoms with Crippen LogP contribution in [0.3, 0.4) is 0 Å². The smallest absolute Gasteiger partial charge is 0.254 e. The molecule has 2 atom stereocenters. The molecule has 2 unspecified atom stereocenters. The summed E-state index contributed by atoms with van der Waals surface area (Å²) < 4.78 is 12.0. The van der Waals surface area contributed by atoms with Gasteiger partial charge in [0.15, 0.2) is 0 Å². The maximum Gasteiger partial charge on any atom is 0.254 e. The lowest BCUT2D eigenvalue weighted by molar-refractivity contribution is 0.0644. The van der Waals surface area contributed by atoms with Crippen molar-refractivity contribution in [2.24, 2.45) is 0 Å². The molecule has 6 nitrogen and oxygen atoms in total. The highest BCUT2D eigenvalue weighted by Gasteiger charge is 2.22. The van der Waals surface area contributed by atoms with E-state index in [0.717, 1.165) is 24.0 Å². The van der Waals surface area contributed by atoms with Crippen molar-refractivity contribution in [2.45, 2.75) is 65.8 Å². The van der Waals surface area contributed by atoms with Crippen molar-refractivity contribution in [3.63, 3.8) is 0 Å². The van der Waals surface area contributed by atoms with E-state index in [-0.39, 0.29) is 24.0 Å². The monoisotopic (exact) mass is 592 g/mol. The lowest BCUT2D eigenvalue weighted by Crippen LogP contribution is -2.40. The van der Waals surface area contributed by atoms with Crippen LogP contribution in [0, 0.1) is 0 Å². The van der Waals surface area contributed by atoms with Crippen molar-refractivity contribution in [3.8, 4) is 11.5 Å². The Morgan fingerprint density at radius 1 is 0.568 bits per heavy atom. The normalized spacial score (nSPS) is 12.2. The number of carbonyl (C=O) groups is 2. The number of rotatable bonds is 15. The van der Waals surface area contributed by atoms with Crippen molar-refractivity contribution >= 4 is 11.8 Å². The topological polar surface area (TPSA) is 59.1 Å². The van der Waals surface area contributed by atoms with Gasteiger partial charge in [-0.05, 0) is 74.2 Å². The van der Waals surface area contributed by atoms with Crippen LogP contribution in [-0.4, -0.2) is 46.9 Å². The molecule has 0 aliphatic carbocycles. The molecule has 4 aromatic rings. The van der Waals surface area contributed by atoms with E-state index in [2.05, 4.69) is 13.8 Å². The largest absolute Gasteiger partial charge is 0.491 e. The zero-order valence-corrected chi connectivity index (χ0v) is 26.3. The van der Waals surface area contributed by atoms with Crippen LogP contribution in [0.4, 0.5) is 0 Å². The molecule has 44 heavy (non-hydrogen) atoms. The first-order valence-corrected chi connectivity index (χ1v) is 15.6. The fourth-order valence-electron chi connectivity index (χ4n) is 4.76. The number of amides is 2. The Morgan fingerprint density at radius 2 is 0.955 bits per heavy atom. The molecular formula is C38H44N2O4. The number of hydrogen-bond acceptors (Lipinski definition) is 4. The molecule has 0 heterocycles. The molecule has 0 saturated carbocycles. The van der Waals surface area contributed by atoms with Crippen LogP contribution in [0.2, 0.25) is 0 Å². The first-order chi connectivity index (χ1) is 21.4. The second kappa shape index (κ2) is 16.3. The third kappa shape index (κ3) is 9.46. The molecular weight excluding hydrogens is 548 g/mol. The lowest BCUT2D eigenvalue weighted by atomic mass is 10.1. The van der Waals surface area contributed by atoms with Crippen molar-refractivity contribution in [2.75, 3.05) is 13.1 Å². The van der Waals surface area contributed by atoms with Crippen molar-refractivity contribution in [1.29, 1.82) is 0 Å². The van der Waals surface area contributed by atoms with Crippen molar-refractivity contribution in [1.82, 2.24) is 9.80 Å². The fourth-order valence-corrected chi connectivity index (χ4v) is 4.76. The zero-order chi connectivity index (χ0) is 31.3. The maximum atomic E-state index is 14.0. The molecule has 0 fully saturated rings. The number of benzene rings is 4. The maximum absolute atomic E-state index is 14.0. The second-order valence-corrected chi connectivity index (χ2v) is 11.2. The predicted octanol–water partition coefficient (Wildman–Crippen LogP) is 8.03. The second-order valence-electron chi connectivity index (χ2n) is 11.2. The summed E-state index contributed by atoms with van der Waals surface area (Å²) in [5, 5.41) is 0. The predicted molar refractivity (Wildman–Crippen MR) is 176 cm³/mol. The molecule has 0 bridgehead atoms. The Morgan fingerprint density at radius 3 is 1.32 bits per heavy atom. The van der Waals surface area contributed by atoms with E-state index >= 15 is 0 Å². The van der Waals surface area contributed by atoms with Gasteiger partial charge in [-0.2, -0.15) is 0 Å². The zero-order valence-electron chi connectivity index (χ0n) is 26.3. The van der Waals surface area contributed by atoms with E-state index < -0.39 is 0 Å². The standard InChI is InChI=1S/C38H44N2O4/c1-5-29(3)43-35-21-13-19-33(25-35)37(41)39(27-31-15-9-7-10-16-31)23-24-40(28-32-17-11-8-12-18-32)38(42)34-20-14-22-36(26-34)44-30(4)6-2/h7-22,25-26,29-30H,5-6,23-24,27-28H2,1-4H3. The van der Waals surface area contributed by atoms with Gasteiger partial charge >= 0.3 is 0 Å². The summed E-state index contributed by atoms with van der Waals surface area (Å²) in [4.78, 5) is 31.6. The van der Waals surface area contributed by atoms with Gasteiger partial charge in [-0.25, -0.2) is 0 Å². The first kappa shape index (κ1) is 32.3. The van der Waals surface area contributed by atoms with Crippen LogP contribution in [0.5, 0.6) is 11.5 Å². The summed E-state index contributed by atoms with van der Waals surface area (Å²) in [7, 11) is 0. The SMILES string of the molecule is CCC(C)Oc1cccc(C(=O)N(CCN(Cc2ccccc2)C(=O)c2cccc(OC(C)CC)c2)Cc2ccccc2)c1. The van der Waals surface area contributed by atoms with E-state index in [9.17, 15) is 9.59 Å². The molecule has 4 aromatic carbocycles. The first-order valence-electron chi connectivity index (χ1n) is 15.6. The third-order valence-electron chi connectivity index (χ3n) is 7.63. The minimum Gasteiger partial charge on any atom is -0.491 e. The number of nitrogens with zero attached hydrogens (tertiary/aromatic N) is 2. The van der Waals surface area contributed by atoms with E-state index in [4.69, 9.17) is 9.47 Å². The molecule has 0 radical (unpaired) electrons. The molecule has 6 heteroatoms. The van der Waals surface area contributed by atoms with E-state index in [0.29, 0.717) is 48.8 Å². The summed E-state index contributed by atoms with van der Waals surface area (Å²) in [5.74, 6) is 1.12. The average molecular weight is 593 g/mol. The molecule has 0 aromatic heterocycles. The quantitative estimate of drug-likeness (QED) is 0.140. The Hall–Kier alpha value is -4.58. The molecule has 0 spiro atoms. The summed E-state index contributed by atoms with van der Waals surface area (Å²) >= 11 is 0. The van der Waals surface area contributed by atoms with Gasteiger partial charge in [0.05, 0.1) is 12.2 Å². The van der Waals surface area contributed by atoms with Crippen LogP contribution in [-0.2, 0) is 13.1 Å². The van der Waals surface area contributed by atoms with Crippen LogP contribution >= 0.6 is 0 Å². The molecule has 230 valence electrons. The summed E-state index contributed by atoms with van der Waals surface area (Å²) in [6.45, 7) is 9.71. The van der Waals surface area contributed by atoms with Gasteiger partial charge in [0.1, 0.15) is 11.5 Å². The summed E-state index contributed by atoms with van der Waals surface area (Å²) in [6, 6.07) is 34.6. The molecule has 0 aliphatic rings. The lowest BCUT2D eigenvalue weighted by Gasteiger charge is -2.29. The Labute approximate surface area is 262 Å². The van der Waals surface area contributed by atoms with Gasteiger partial charge in [-0.1, -0.05) is 86.6 Å². The third-order valence-corrected chi connectivity index (χ3v) is 7.63. The van der Waals surface area contributed by atoms with Crippen molar-refractivity contribution in [3.05, 3.63) is 131 Å². The van der Waals surface area contributed by atoms with E-state index in [1.807, 2.05) is 133 Å². The van der Waals surface area contributed by atoms with Gasteiger partial charge in [0.2, 0.25) is 0 Å². The van der Waals surface area contributed by atoms with Crippen LogP contribution in [0.15, 0.2) is 109 Å². The van der Waals surface area contributed by atoms with E-state index in [1.165, 1.54) is 0 Å². The highest BCUT2D eigenvalue weighted by Crippen LogP contribution is 2.21. The fraction of sp³-hybridized carbons (Fsp3) is 0.316. The Balaban J connectivity index is 1.60. The average Bonchev–Trinajstić information content (AvgIpc) is 3.06. The van der Waals surface area contributed by atoms with Gasteiger partial charge in [0, 0.05) is 37.3 Å². The van der Waals surface area contributed by atoms with Crippen LogP contribution in [0.1, 0.15) is 72.4 Å². The molecule has 2 amide bonds. The van der Waals surface area contributed by atoms with Crippen LogP contribution < -0.4 is 9.47 Å². The van der Waals surface area contributed by atoms with Gasteiger partial charge in [-0.3, -0.25) is 9.59 Å². The molecule has 0 N–H and O–H groups in total. The summed E-state index contributed by atoms with van der Waals surface area (Å²) in [6.07, 6.45) is 1.84. The number of carbonyl (C=O) groups excluding carboxylic acids is 2. The van der Waals surface area contributed by atoms with Crippen molar-refractivity contribution < 1.29 is 19.1 Å². The van der Waals surface area contributed by atoms with Gasteiger partial charge < -0.3 is 19.3 Å². The number of hydrogen-bond donors (Lipinski definition) is 0. The Bertz CT molecular complexity index is 1360. The molecule has 4 rings (SSSR count). The van der Waals surface area contributed by atoms with Gasteiger partial charge in [-0.15, -0.1) is 0 Å². The Kier molecular flexibility index (Phi) is 12.0. The van der Waals surface area contributed by atoms with Crippen LogP contribution in [0.25, 0.3) is 0 Å². The highest BCUT2D eigenvalue weighted by molar-refractivity contribution is 5.95. The highest BCUT2D eigenvalue weighted by atomic mass is 16.5. The number of ether oxygens (including phenoxy) is 2. The summed E-state index contributed by atoms with van der Waals surface area (Å²) in [5.41, 5.74) is 3.14.